The molecule has 2 amide bonds. The van der Waals surface area contributed by atoms with E-state index in [0.29, 0.717) is 24.2 Å². The zero-order chi connectivity index (χ0) is 23.0. The number of hydrogen-bond acceptors (Lipinski definition) is 6. The molecule has 2 rings (SSSR count). The van der Waals surface area contributed by atoms with Gasteiger partial charge in [0.1, 0.15) is 0 Å². The molecule has 32 heavy (non-hydrogen) atoms. The first-order valence-electron chi connectivity index (χ1n) is 11.0. The van der Waals surface area contributed by atoms with Crippen molar-refractivity contribution in [1.82, 2.24) is 10.6 Å². The van der Waals surface area contributed by atoms with Crippen molar-refractivity contribution in [1.29, 1.82) is 0 Å². The molecule has 2 aromatic rings. The maximum atomic E-state index is 12.6. The van der Waals surface area contributed by atoms with Crippen molar-refractivity contribution in [3.63, 3.8) is 0 Å². The fourth-order valence-corrected chi connectivity index (χ4v) is 5.32. The first-order chi connectivity index (χ1) is 15.7. The van der Waals surface area contributed by atoms with Crippen molar-refractivity contribution in [3.8, 4) is 0 Å². The fourth-order valence-electron chi connectivity index (χ4n) is 2.97. The highest BCUT2D eigenvalue weighted by molar-refractivity contribution is 8.76. The Morgan fingerprint density at radius 1 is 0.625 bits per heavy atom. The summed E-state index contributed by atoms with van der Waals surface area (Å²) in [5, 5.41) is 23.6. The SMILES string of the molecule is O=C(NCCCCCO)c1ccccc1SSc1ccccc1C(=O)NCCCCCO. The summed E-state index contributed by atoms with van der Waals surface area (Å²) in [6.45, 7) is 1.50. The van der Waals surface area contributed by atoms with Crippen LogP contribution in [0.2, 0.25) is 0 Å². The van der Waals surface area contributed by atoms with Crippen LogP contribution in [0.5, 0.6) is 0 Å². The molecule has 0 spiro atoms. The summed E-state index contributed by atoms with van der Waals surface area (Å²) in [5.41, 5.74) is 1.22. The van der Waals surface area contributed by atoms with Crippen molar-refractivity contribution in [3.05, 3.63) is 59.7 Å². The van der Waals surface area contributed by atoms with Crippen LogP contribution < -0.4 is 10.6 Å². The number of carbonyl (C=O) groups excluding carboxylic acids is 2. The van der Waals surface area contributed by atoms with E-state index < -0.39 is 0 Å². The van der Waals surface area contributed by atoms with Crippen LogP contribution >= 0.6 is 21.6 Å². The number of amides is 2. The van der Waals surface area contributed by atoms with Gasteiger partial charge >= 0.3 is 0 Å². The zero-order valence-electron chi connectivity index (χ0n) is 18.2. The summed E-state index contributed by atoms with van der Waals surface area (Å²) >= 11 is 0. The molecule has 6 nitrogen and oxygen atoms in total. The van der Waals surface area contributed by atoms with Gasteiger partial charge in [0.05, 0.1) is 11.1 Å². The lowest BCUT2D eigenvalue weighted by Crippen LogP contribution is -2.25. The van der Waals surface area contributed by atoms with Crippen molar-refractivity contribution >= 4 is 33.4 Å². The largest absolute Gasteiger partial charge is 0.396 e. The highest BCUT2D eigenvalue weighted by Crippen LogP contribution is 2.40. The van der Waals surface area contributed by atoms with Crippen LogP contribution in [0.25, 0.3) is 0 Å². The van der Waals surface area contributed by atoms with E-state index in [1.54, 1.807) is 12.1 Å². The lowest BCUT2D eigenvalue weighted by Gasteiger charge is -2.12. The Morgan fingerprint density at radius 3 is 1.44 bits per heavy atom. The molecule has 0 heterocycles. The van der Waals surface area contributed by atoms with Gasteiger partial charge in [0.15, 0.2) is 0 Å². The summed E-state index contributed by atoms with van der Waals surface area (Å²) in [5.74, 6) is -0.238. The first kappa shape index (κ1) is 26.3. The van der Waals surface area contributed by atoms with Crippen molar-refractivity contribution < 1.29 is 19.8 Å². The normalized spacial score (nSPS) is 10.7. The molecule has 0 bridgehead atoms. The number of benzene rings is 2. The van der Waals surface area contributed by atoms with E-state index in [0.717, 1.165) is 48.3 Å². The van der Waals surface area contributed by atoms with E-state index >= 15 is 0 Å². The fraction of sp³-hybridized carbons (Fsp3) is 0.417. The van der Waals surface area contributed by atoms with Crippen LogP contribution in [-0.2, 0) is 0 Å². The standard InChI is InChI=1S/C24H32N2O4S2/c27-17-9-1-7-15-25-23(29)19-11-3-5-13-21(19)31-32-22-14-6-4-12-20(22)24(30)26-16-8-2-10-18-28/h3-6,11-14,27-28H,1-2,7-10,15-18H2,(H,25,29)(H,26,30). The smallest absolute Gasteiger partial charge is 0.252 e. The number of carbonyl (C=O) groups is 2. The predicted octanol–water partition coefficient (Wildman–Crippen LogP) is 4.27. The number of aliphatic hydroxyl groups is 2. The highest BCUT2D eigenvalue weighted by atomic mass is 33.1. The summed E-state index contributed by atoms with van der Waals surface area (Å²) in [4.78, 5) is 26.9. The van der Waals surface area contributed by atoms with Gasteiger partial charge in [0.2, 0.25) is 0 Å². The molecule has 0 aliphatic carbocycles. The number of aliphatic hydroxyl groups excluding tert-OH is 2. The molecular weight excluding hydrogens is 444 g/mol. The third-order valence-corrected chi connectivity index (χ3v) is 7.21. The Hall–Kier alpha value is -2.00. The van der Waals surface area contributed by atoms with Gasteiger partial charge in [0.25, 0.3) is 11.8 Å². The topological polar surface area (TPSA) is 98.7 Å². The van der Waals surface area contributed by atoms with Crippen LogP contribution in [-0.4, -0.2) is 48.3 Å². The van der Waals surface area contributed by atoms with Gasteiger partial charge in [-0.25, -0.2) is 0 Å². The quantitative estimate of drug-likeness (QED) is 0.226. The van der Waals surface area contributed by atoms with Crippen LogP contribution in [0.4, 0.5) is 0 Å². The molecule has 0 saturated carbocycles. The van der Waals surface area contributed by atoms with E-state index in [2.05, 4.69) is 10.6 Å². The maximum absolute atomic E-state index is 12.6. The Balaban J connectivity index is 1.95. The monoisotopic (exact) mass is 476 g/mol. The van der Waals surface area contributed by atoms with E-state index in [-0.39, 0.29) is 25.0 Å². The van der Waals surface area contributed by atoms with E-state index in [4.69, 9.17) is 10.2 Å². The van der Waals surface area contributed by atoms with Gasteiger partial charge in [-0.05, 0) is 62.8 Å². The third kappa shape index (κ3) is 9.24. The Morgan fingerprint density at radius 2 is 1.03 bits per heavy atom. The minimum atomic E-state index is -0.119. The second-order valence-electron chi connectivity index (χ2n) is 7.24. The molecule has 174 valence electrons. The van der Waals surface area contributed by atoms with Crippen LogP contribution in [0.1, 0.15) is 59.2 Å². The van der Waals surface area contributed by atoms with Gasteiger partial charge in [-0.3, -0.25) is 9.59 Å². The molecule has 0 unspecified atom stereocenters. The van der Waals surface area contributed by atoms with Gasteiger partial charge in [0, 0.05) is 36.1 Å². The molecule has 2 aromatic carbocycles. The Kier molecular flexibility index (Phi) is 12.9. The number of nitrogens with one attached hydrogen (secondary N) is 2. The average Bonchev–Trinajstić information content (AvgIpc) is 2.82. The molecule has 0 atom stereocenters. The molecule has 0 saturated heterocycles. The summed E-state index contributed by atoms with van der Waals surface area (Å²) in [6, 6.07) is 14.9. The molecule has 4 N–H and O–H groups in total. The second kappa shape index (κ2) is 15.7. The molecule has 0 radical (unpaired) electrons. The van der Waals surface area contributed by atoms with E-state index in [1.807, 2.05) is 36.4 Å². The maximum Gasteiger partial charge on any atom is 0.252 e. The Labute approximate surface area is 198 Å². The molecule has 0 aliphatic rings. The van der Waals surface area contributed by atoms with Crippen LogP contribution in [0, 0.1) is 0 Å². The van der Waals surface area contributed by atoms with E-state index in [9.17, 15) is 9.59 Å². The summed E-state index contributed by atoms with van der Waals surface area (Å²) in [7, 11) is 2.91. The Bertz CT molecular complexity index is 779. The van der Waals surface area contributed by atoms with Crippen LogP contribution in [0.3, 0.4) is 0 Å². The highest BCUT2D eigenvalue weighted by Gasteiger charge is 2.15. The average molecular weight is 477 g/mol. The number of unbranched alkanes of at least 4 members (excludes halogenated alkanes) is 4. The second-order valence-corrected chi connectivity index (χ2v) is 9.45. The third-order valence-electron chi connectivity index (χ3n) is 4.73. The molecule has 0 fully saturated rings. The number of hydrogen-bond donors (Lipinski definition) is 4. The van der Waals surface area contributed by atoms with Crippen molar-refractivity contribution in [2.45, 2.75) is 48.3 Å². The van der Waals surface area contributed by atoms with Gasteiger partial charge < -0.3 is 20.8 Å². The molecular formula is C24H32N2O4S2. The van der Waals surface area contributed by atoms with Gasteiger partial charge in [-0.2, -0.15) is 0 Å². The van der Waals surface area contributed by atoms with Gasteiger partial charge in [-0.1, -0.05) is 45.9 Å². The van der Waals surface area contributed by atoms with Gasteiger partial charge in [-0.15, -0.1) is 0 Å². The van der Waals surface area contributed by atoms with E-state index in [1.165, 1.54) is 21.6 Å². The molecule has 8 heteroatoms. The zero-order valence-corrected chi connectivity index (χ0v) is 19.9. The van der Waals surface area contributed by atoms with Crippen molar-refractivity contribution in [2.75, 3.05) is 26.3 Å². The number of rotatable bonds is 15. The minimum absolute atomic E-state index is 0.119. The van der Waals surface area contributed by atoms with Crippen LogP contribution in [0.15, 0.2) is 58.3 Å². The molecule has 0 aromatic heterocycles. The predicted molar refractivity (Wildman–Crippen MR) is 131 cm³/mol. The first-order valence-corrected chi connectivity index (χ1v) is 13.1. The summed E-state index contributed by atoms with van der Waals surface area (Å²) < 4.78 is 0. The van der Waals surface area contributed by atoms with Crippen molar-refractivity contribution in [2.24, 2.45) is 0 Å². The molecule has 0 aliphatic heterocycles. The summed E-state index contributed by atoms with van der Waals surface area (Å²) in [6.07, 6.45) is 4.91. The lowest BCUT2D eigenvalue weighted by atomic mass is 10.2. The lowest BCUT2D eigenvalue weighted by molar-refractivity contribution is 0.0941. The minimum Gasteiger partial charge on any atom is -0.396 e.